The maximum atomic E-state index is 11.0. The number of nitrogens with zero attached hydrogens (tertiary/aromatic N) is 1. The first-order valence-electron chi connectivity index (χ1n) is 3.54. The number of amides is 1. The van der Waals surface area contributed by atoms with Gasteiger partial charge in [-0.2, -0.15) is 5.26 Å². The molecular formula is C7H8N2O3. The molecule has 0 radical (unpaired) electrons. The van der Waals surface area contributed by atoms with Crippen LogP contribution in [0.4, 0.5) is 0 Å². The quantitative estimate of drug-likeness (QED) is 0.547. The second-order valence-corrected chi connectivity index (χ2v) is 2.47. The molecule has 0 saturated carbocycles. The van der Waals surface area contributed by atoms with Gasteiger partial charge in [-0.25, -0.2) is 0 Å². The highest BCUT2D eigenvalue weighted by Gasteiger charge is 2.28. The molecule has 0 aromatic heterocycles. The molecule has 1 fully saturated rings. The number of nitrogens with one attached hydrogen (secondary N) is 1. The van der Waals surface area contributed by atoms with E-state index in [1.54, 1.807) is 6.07 Å². The summed E-state index contributed by atoms with van der Waals surface area (Å²) in [6.45, 7) is 0.0760. The molecule has 0 aromatic rings. The fraction of sp³-hybridized carbons (Fsp3) is 0.571. The summed E-state index contributed by atoms with van der Waals surface area (Å²) in [5, 5.41) is 10.6. The van der Waals surface area contributed by atoms with Crippen molar-refractivity contribution in [3.63, 3.8) is 0 Å². The Morgan fingerprint density at radius 1 is 1.83 bits per heavy atom. The average Bonchev–Trinajstić information content (AvgIpc) is 2.47. The molecule has 1 rings (SSSR count). The van der Waals surface area contributed by atoms with Crippen LogP contribution < -0.4 is 5.32 Å². The Hall–Kier alpha value is -1.57. The monoisotopic (exact) mass is 168 g/mol. The van der Waals surface area contributed by atoms with E-state index in [0.29, 0.717) is 6.54 Å². The highest BCUT2D eigenvalue weighted by molar-refractivity contribution is 5.86. The summed E-state index contributed by atoms with van der Waals surface area (Å²) < 4.78 is 4.53. The van der Waals surface area contributed by atoms with Gasteiger partial charge in [0, 0.05) is 13.0 Å². The summed E-state index contributed by atoms with van der Waals surface area (Å²) in [4.78, 5) is 21.6. The molecule has 0 spiro atoms. The number of esters is 1. The Bertz CT molecular complexity index is 244. The lowest BCUT2D eigenvalue weighted by molar-refractivity contribution is -0.146. The first kappa shape index (κ1) is 8.53. The lowest BCUT2D eigenvalue weighted by atomic mass is 10.1. The first-order chi connectivity index (χ1) is 5.74. The van der Waals surface area contributed by atoms with Crippen molar-refractivity contribution < 1.29 is 14.3 Å². The zero-order chi connectivity index (χ0) is 8.97. The lowest BCUT2D eigenvalue weighted by Crippen LogP contribution is -2.20. The number of carbonyl (C=O) groups is 2. The molecule has 12 heavy (non-hydrogen) atoms. The second kappa shape index (κ2) is 3.72. The highest BCUT2D eigenvalue weighted by Crippen LogP contribution is 2.10. The molecule has 0 aromatic carbocycles. The van der Waals surface area contributed by atoms with Gasteiger partial charge in [-0.3, -0.25) is 9.59 Å². The van der Waals surface area contributed by atoms with Gasteiger partial charge in [-0.15, -0.1) is 0 Å². The van der Waals surface area contributed by atoms with Crippen molar-refractivity contribution >= 4 is 11.9 Å². The van der Waals surface area contributed by atoms with Crippen molar-refractivity contribution in [2.24, 2.45) is 5.92 Å². The van der Waals surface area contributed by atoms with Crippen LogP contribution in [0.2, 0.25) is 0 Å². The zero-order valence-electron chi connectivity index (χ0n) is 6.37. The van der Waals surface area contributed by atoms with E-state index in [-0.39, 0.29) is 18.9 Å². The standard InChI is InChI=1S/C7H8N2O3/c8-1-2-12-7(11)5-3-6(10)9-4-5/h5H,2-4H2,(H,9,10). The largest absolute Gasteiger partial charge is 0.450 e. The summed E-state index contributed by atoms with van der Waals surface area (Å²) in [5.41, 5.74) is 0. The van der Waals surface area contributed by atoms with Crippen LogP contribution in [0.3, 0.4) is 0 Å². The first-order valence-corrected chi connectivity index (χ1v) is 3.54. The number of hydrogen-bond donors (Lipinski definition) is 1. The third-order valence-electron chi connectivity index (χ3n) is 1.59. The van der Waals surface area contributed by atoms with E-state index in [9.17, 15) is 9.59 Å². The summed E-state index contributed by atoms with van der Waals surface area (Å²) >= 11 is 0. The third-order valence-corrected chi connectivity index (χ3v) is 1.59. The molecule has 1 aliphatic rings. The minimum atomic E-state index is -0.477. The summed E-state index contributed by atoms with van der Waals surface area (Å²) in [5.74, 6) is -1.03. The third kappa shape index (κ3) is 1.95. The van der Waals surface area contributed by atoms with Gasteiger partial charge in [-0.05, 0) is 0 Å². The highest BCUT2D eigenvalue weighted by atomic mass is 16.5. The Kier molecular flexibility index (Phi) is 2.64. The van der Waals surface area contributed by atoms with Crippen molar-refractivity contribution in [2.45, 2.75) is 6.42 Å². The number of ether oxygens (including phenoxy) is 1. The van der Waals surface area contributed by atoms with Gasteiger partial charge in [0.05, 0.1) is 5.92 Å². The predicted octanol–water partition coefficient (Wildman–Crippen LogP) is -0.811. The lowest BCUT2D eigenvalue weighted by Gasteiger charge is -2.03. The van der Waals surface area contributed by atoms with Gasteiger partial charge in [0.2, 0.25) is 5.91 Å². The van der Waals surface area contributed by atoms with Crippen LogP contribution >= 0.6 is 0 Å². The second-order valence-electron chi connectivity index (χ2n) is 2.47. The smallest absolute Gasteiger partial charge is 0.312 e. The van der Waals surface area contributed by atoms with Crippen LogP contribution in [0.1, 0.15) is 6.42 Å². The molecule has 0 aliphatic carbocycles. The van der Waals surface area contributed by atoms with Crippen molar-refractivity contribution in [1.82, 2.24) is 5.32 Å². The molecule has 5 nitrogen and oxygen atoms in total. The molecule has 1 unspecified atom stereocenters. The number of hydrogen-bond acceptors (Lipinski definition) is 4. The number of rotatable bonds is 2. The van der Waals surface area contributed by atoms with Gasteiger partial charge >= 0.3 is 5.97 Å². The number of carbonyl (C=O) groups excluding carboxylic acids is 2. The van der Waals surface area contributed by atoms with E-state index in [4.69, 9.17) is 5.26 Å². The van der Waals surface area contributed by atoms with Crippen molar-refractivity contribution in [3.05, 3.63) is 0 Å². The fourth-order valence-electron chi connectivity index (χ4n) is 0.993. The van der Waals surface area contributed by atoms with Crippen LogP contribution in [0.25, 0.3) is 0 Å². The fourth-order valence-corrected chi connectivity index (χ4v) is 0.993. The molecule has 1 saturated heterocycles. The van der Waals surface area contributed by atoms with Crippen molar-refractivity contribution in [1.29, 1.82) is 5.26 Å². The molecule has 1 heterocycles. The van der Waals surface area contributed by atoms with Crippen LogP contribution in [-0.2, 0) is 14.3 Å². The van der Waals surface area contributed by atoms with E-state index >= 15 is 0 Å². The van der Waals surface area contributed by atoms with Gasteiger partial charge in [0.25, 0.3) is 0 Å². The van der Waals surface area contributed by atoms with E-state index in [1.807, 2.05) is 0 Å². The molecule has 1 atom stereocenters. The van der Waals surface area contributed by atoms with E-state index in [2.05, 4.69) is 10.1 Å². The molecule has 0 bridgehead atoms. The number of nitriles is 1. The van der Waals surface area contributed by atoms with Crippen LogP contribution in [0.5, 0.6) is 0 Å². The Balaban J connectivity index is 2.34. The molecule has 1 N–H and O–H groups in total. The topological polar surface area (TPSA) is 79.2 Å². The van der Waals surface area contributed by atoms with Crippen molar-refractivity contribution in [2.75, 3.05) is 13.2 Å². The SMILES string of the molecule is N#CCOC(=O)C1CNC(=O)C1. The van der Waals surface area contributed by atoms with E-state index < -0.39 is 11.9 Å². The summed E-state index contributed by atoms with van der Waals surface area (Å²) in [6.07, 6.45) is 0.171. The van der Waals surface area contributed by atoms with E-state index in [0.717, 1.165) is 0 Å². The Morgan fingerprint density at radius 3 is 3.08 bits per heavy atom. The summed E-state index contributed by atoms with van der Waals surface area (Å²) in [7, 11) is 0. The molecule has 64 valence electrons. The molecule has 1 amide bonds. The average molecular weight is 168 g/mol. The van der Waals surface area contributed by atoms with Gasteiger partial charge in [0.1, 0.15) is 6.07 Å². The predicted molar refractivity (Wildman–Crippen MR) is 37.7 cm³/mol. The van der Waals surface area contributed by atoms with Gasteiger partial charge < -0.3 is 10.1 Å². The Labute approximate surface area is 69.3 Å². The van der Waals surface area contributed by atoms with Crippen LogP contribution in [0, 0.1) is 17.2 Å². The maximum Gasteiger partial charge on any atom is 0.312 e. The molecule has 1 aliphatic heterocycles. The van der Waals surface area contributed by atoms with Crippen LogP contribution in [0.15, 0.2) is 0 Å². The normalized spacial score (nSPS) is 21.2. The van der Waals surface area contributed by atoms with Gasteiger partial charge in [-0.1, -0.05) is 0 Å². The Morgan fingerprint density at radius 2 is 2.58 bits per heavy atom. The minimum absolute atomic E-state index is 0.145. The van der Waals surface area contributed by atoms with Crippen molar-refractivity contribution in [3.8, 4) is 6.07 Å². The minimum Gasteiger partial charge on any atom is -0.450 e. The van der Waals surface area contributed by atoms with E-state index in [1.165, 1.54) is 0 Å². The molecule has 5 heteroatoms. The van der Waals surface area contributed by atoms with Crippen LogP contribution in [-0.4, -0.2) is 25.0 Å². The van der Waals surface area contributed by atoms with Gasteiger partial charge in [0.15, 0.2) is 6.61 Å². The summed E-state index contributed by atoms with van der Waals surface area (Å²) in [6, 6.07) is 1.68. The maximum absolute atomic E-state index is 11.0. The zero-order valence-corrected chi connectivity index (χ0v) is 6.37. The molecular weight excluding hydrogens is 160 g/mol.